The predicted octanol–water partition coefficient (Wildman–Crippen LogP) is 2.36. The van der Waals surface area contributed by atoms with E-state index in [9.17, 15) is 4.79 Å². The number of amides is 1. The summed E-state index contributed by atoms with van der Waals surface area (Å²) in [5.74, 6) is 3.72. The Labute approximate surface area is 123 Å². The lowest BCUT2D eigenvalue weighted by molar-refractivity contribution is 0.0942. The molecule has 0 atom stereocenters. The Morgan fingerprint density at radius 1 is 1.40 bits per heavy atom. The van der Waals surface area contributed by atoms with E-state index in [1.165, 1.54) is 24.3 Å². The normalized spacial score (nSPS) is 18.6. The molecule has 5 heteroatoms. The highest BCUT2D eigenvalue weighted by Gasteiger charge is 2.20. The van der Waals surface area contributed by atoms with Gasteiger partial charge in [0.2, 0.25) is 0 Å². The van der Waals surface area contributed by atoms with Gasteiger partial charge < -0.3 is 15.4 Å². The average molecular weight is 292 g/mol. The standard InChI is InChI=1S/C15H20N2O2S/c18-15(17-10-11-4-8-20-9-5-11)12-2-1-3-13-14(12)19-7-6-16-13/h1-3,11,16H,4-10H2,(H,17,18). The number of nitrogens with one attached hydrogen (secondary N) is 2. The maximum absolute atomic E-state index is 12.3. The maximum Gasteiger partial charge on any atom is 0.255 e. The fourth-order valence-corrected chi connectivity index (χ4v) is 3.84. The molecule has 2 aliphatic rings. The van der Waals surface area contributed by atoms with Crippen molar-refractivity contribution in [1.82, 2.24) is 5.32 Å². The minimum atomic E-state index is -0.0243. The zero-order valence-corrected chi connectivity index (χ0v) is 12.3. The Balaban J connectivity index is 1.64. The third kappa shape index (κ3) is 3.03. The van der Waals surface area contributed by atoms with Crippen LogP contribution in [0.25, 0.3) is 0 Å². The van der Waals surface area contributed by atoms with E-state index in [1.54, 1.807) is 0 Å². The quantitative estimate of drug-likeness (QED) is 0.898. The monoisotopic (exact) mass is 292 g/mol. The number of carbonyl (C=O) groups is 1. The molecule has 0 aliphatic carbocycles. The zero-order valence-electron chi connectivity index (χ0n) is 11.5. The van der Waals surface area contributed by atoms with Crippen molar-refractivity contribution in [1.29, 1.82) is 0 Å². The van der Waals surface area contributed by atoms with E-state index >= 15 is 0 Å². The van der Waals surface area contributed by atoms with E-state index < -0.39 is 0 Å². The van der Waals surface area contributed by atoms with Gasteiger partial charge in [-0.1, -0.05) is 6.07 Å². The number of hydrogen-bond donors (Lipinski definition) is 2. The van der Waals surface area contributed by atoms with E-state index in [1.807, 2.05) is 30.0 Å². The van der Waals surface area contributed by atoms with Crippen LogP contribution in [0.4, 0.5) is 5.69 Å². The van der Waals surface area contributed by atoms with Gasteiger partial charge in [0, 0.05) is 13.1 Å². The molecule has 0 radical (unpaired) electrons. The van der Waals surface area contributed by atoms with Crippen molar-refractivity contribution in [2.45, 2.75) is 12.8 Å². The number of fused-ring (bicyclic) bond motifs is 1. The highest BCUT2D eigenvalue weighted by atomic mass is 32.2. The molecule has 0 unspecified atom stereocenters. The molecule has 1 fully saturated rings. The predicted molar refractivity (Wildman–Crippen MR) is 82.8 cm³/mol. The molecule has 2 N–H and O–H groups in total. The van der Waals surface area contributed by atoms with Crippen molar-refractivity contribution in [3.05, 3.63) is 23.8 Å². The fourth-order valence-electron chi connectivity index (χ4n) is 2.63. The summed E-state index contributed by atoms with van der Waals surface area (Å²) in [6, 6.07) is 5.67. The first-order chi connectivity index (χ1) is 9.84. The average Bonchev–Trinajstić information content (AvgIpc) is 2.53. The lowest BCUT2D eigenvalue weighted by Gasteiger charge is -2.23. The molecular weight excluding hydrogens is 272 g/mol. The topological polar surface area (TPSA) is 50.4 Å². The molecule has 1 aromatic carbocycles. The number of rotatable bonds is 3. The van der Waals surface area contributed by atoms with Crippen molar-refractivity contribution < 1.29 is 9.53 Å². The molecule has 0 aromatic heterocycles. The molecule has 0 bridgehead atoms. The van der Waals surface area contributed by atoms with Gasteiger partial charge in [-0.15, -0.1) is 0 Å². The molecule has 3 rings (SSSR count). The Morgan fingerprint density at radius 2 is 2.25 bits per heavy atom. The van der Waals surface area contributed by atoms with Gasteiger partial charge in [-0.3, -0.25) is 4.79 Å². The van der Waals surface area contributed by atoms with Crippen molar-refractivity contribution in [2.75, 3.05) is 36.5 Å². The van der Waals surface area contributed by atoms with Crippen LogP contribution in [-0.2, 0) is 0 Å². The maximum atomic E-state index is 12.3. The minimum absolute atomic E-state index is 0.0243. The molecule has 2 heterocycles. The van der Waals surface area contributed by atoms with Gasteiger partial charge >= 0.3 is 0 Å². The first-order valence-corrected chi connectivity index (χ1v) is 8.35. The fraction of sp³-hybridized carbons (Fsp3) is 0.533. The summed E-state index contributed by atoms with van der Waals surface area (Å²) in [7, 11) is 0. The molecular formula is C15H20N2O2S. The summed E-state index contributed by atoms with van der Waals surface area (Å²) >= 11 is 2.01. The van der Waals surface area contributed by atoms with Crippen LogP contribution >= 0.6 is 11.8 Å². The van der Waals surface area contributed by atoms with Crippen molar-refractivity contribution in [2.24, 2.45) is 5.92 Å². The van der Waals surface area contributed by atoms with Gasteiger partial charge in [-0.25, -0.2) is 0 Å². The van der Waals surface area contributed by atoms with Gasteiger partial charge in [-0.2, -0.15) is 11.8 Å². The highest BCUT2D eigenvalue weighted by Crippen LogP contribution is 2.31. The molecule has 1 saturated heterocycles. The van der Waals surface area contributed by atoms with Crippen LogP contribution in [0.3, 0.4) is 0 Å². The lowest BCUT2D eigenvalue weighted by Crippen LogP contribution is -2.32. The second-order valence-electron chi connectivity index (χ2n) is 5.22. The van der Waals surface area contributed by atoms with Crippen LogP contribution in [0.1, 0.15) is 23.2 Å². The number of hydrogen-bond acceptors (Lipinski definition) is 4. The molecule has 108 valence electrons. The summed E-state index contributed by atoms with van der Waals surface area (Å²) in [5.41, 5.74) is 1.55. The summed E-state index contributed by atoms with van der Waals surface area (Å²) in [4.78, 5) is 12.3. The molecule has 2 aliphatic heterocycles. The zero-order chi connectivity index (χ0) is 13.8. The van der Waals surface area contributed by atoms with Gasteiger partial charge in [-0.05, 0) is 42.4 Å². The first-order valence-electron chi connectivity index (χ1n) is 7.20. The number of benzene rings is 1. The van der Waals surface area contributed by atoms with Crippen LogP contribution in [0.5, 0.6) is 5.75 Å². The number of thioether (sulfide) groups is 1. The van der Waals surface area contributed by atoms with E-state index in [2.05, 4.69) is 10.6 Å². The second-order valence-corrected chi connectivity index (χ2v) is 6.45. The summed E-state index contributed by atoms with van der Waals surface area (Å²) in [5, 5.41) is 6.32. The first kappa shape index (κ1) is 13.6. The van der Waals surface area contributed by atoms with Crippen LogP contribution in [0, 0.1) is 5.92 Å². The SMILES string of the molecule is O=C(NCC1CCSCC1)c1cccc2c1OCCN2. The van der Waals surface area contributed by atoms with Crippen LogP contribution in [0.15, 0.2) is 18.2 Å². The highest BCUT2D eigenvalue weighted by molar-refractivity contribution is 7.99. The van der Waals surface area contributed by atoms with Crippen LogP contribution in [0.2, 0.25) is 0 Å². The summed E-state index contributed by atoms with van der Waals surface area (Å²) < 4.78 is 5.64. The van der Waals surface area contributed by atoms with Gasteiger partial charge in [0.05, 0.1) is 11.3 Å². The van der Waals surface area contributed by atoms with E-state index in [-0.39, 0.29) is 5.91 Å². The van der Waals surface area contributed by atoms with Crippen molar-refractivity contribution >= 4 is 23.4 Å². The molecule has 4 nitrogen and oxygen atoms in total. The smallest absolute Gasteiger partial charge is 0.255 e. The number of ether oxygens (including phenoxy) is 1. The molecule has 1 amide bonds. The van der Waals surface area contributed by atoms with Gasteiger partial charge in [0.1, 0.15) is 6.61 Å². The summed E-state index contributed by atoms with van der Waals surface area (Å²) in [6.07, 6.45) is 2.41. The van der Waals surface area contributed by atoms with E-state index in [0.29, 0.717) is 23.8 Å². The lowest BCUT2D eigenvalue weighted by atomic mass is 10.0. The Hall–Kier alpha value is -1.36. The number of anilines is 1. The molecule has 20 heavy (non-hydrogen) atoms. The Kier molecular flexibility index (Phi) is 4.35. The van der Waals surface area contributed by atoms with E-state index in [0.717, 1.165) is 18.8 Å². The van der Waals surface area contributed by atoms with E-state index in [4.69, 9.17) is 4.74 Å². The Bertz CT molecular complexity index is 487. The van der Waals surface area contributed by atoms with Crippen LogP contribution < -0.4 is 15.4 Å². The third-order valence-corrected chi connectivity index (χ3v) is 4.86. The van der Waals surface area contributed by atoms with Crippen molar-refractivity contribution in [3.8, 4) is 5.75 Å². The third-order valence-electron chi connectivity index (χ3n) is 3.82. The molecule has 0 saturated carbocycles. The minimum Gasteiger partial charge on any atom is -0.489 e. The second kappa shape index (κ2) is 6.39. The molecule has 1 aromatic rings. The molecule has 0 spiro atoms. The Morgan fingerprint density at radius 3 is 3.10 bits per heavy atom. The number of carbonyl (C=O) groups excluding carboxylic acids is 1. The summed E-state index contributed by atoms with van der Waals surface area (Å²) in [6.45, 7) is 2.17. The largest absolute Gasteiger partial charge is 0.489 e. The van der Waals surface area contributed by atoms with Crippen molar-refractivity contribution in [3.63, 3.8) is 0 Å². The van der Waals surface area contributed by atoms with Gasteiger partial charge in [0.25, 0.3) is 5.91 Å². The van der Waals surface area contributed by atoms with Crippen LogP contribution in [-0.4, -0.2) is 37.1 Å². The number of para-hydroxylation sites is 1. The van der Waals surface area contributed by atoms with Gasteiger partial charge in [0.15, 0.2) is 5.75 Å².